The lowest BCUT2D eigenvalue weighted by molar-refractivity contribution is -0.386. The number of halogens is 3. The summed E-state index contributed by atoms with van der Waals surface area (Å²) in [6.07, 6.45) is -4.31. The molecule has 17 heavy (non-hydrogen) atoms. The Morgan fingerprint density at radius 2 is 2.12 bits per heavy atom. The number of nitro groups is 1. The van der Waals surface area contributed by atoms with Crippen LogP contribution in [-0.2, 0) is 6.54 Å². The highest BCUT2D eigenvalue weighted by Gasteiger charge is 2.35. The molecule has 0 aliphatic rings. The molecule has 1 aromatic rings. The molecule has 1 aromatic heterocycles. The second-order valence-electron chi connectivity index (χ2n) is 2.85. The maximum atomic E-state index is 12.1. The van der Waals surface area contributed by atoms with Crippen LogP contribution in [0.5, 0.6) is 5.75 Å². The van der Waals surface area contributed by atoms with Crippen molar-refractivity contribution in [2.24, 2.45) is 5.73 Å². The Hall–Kier alpha value is -2.10. The van der Waals surface area contributed by atoms with Crippen molar-refractivity contribution < 1.29 is 22.8 Å². The van der Waals surface area contributed by atoms with E-state index in [0.29, 0.717) is 0 Å². The van der Waals surface area contributed by atoms with E-state index in [4.69, 9.17) is 11.5 Å². The minimum atomic E-state index is -5.03. The highest BCUT2D eigenvalue weighted by molar-refractivity contribution is 5.58. The lowest BCUT2D eigenvalue weighted by atomic mass is 10.2. The maximum absolute atomic E-state index is 12.1. The van der Waals surface area contributed by atoms with Gasteiger partial charge < -0.3 is 16.2 Å². The molecule has 4 N–H and O–H groups in total. The molecule has 0 saturated carbocycles. The van der Waals surface area contributed by atoms with Gasteiger partial charge in [0.15, 0.2) is 11.6 Å². The van der Waals surface area contributed by atoms with Crippen molar-refractivity contribution in [3.8, 4) is 5.75 Å². The van der Waals surface area contributed by atoms with Gasteiger partial charge in [-0.05, 0) is 0 Å². The fourth-order valence-corrected chi connectivity index (χ4v) is 1.12. The number of nitrogens with zero attached hydrogens (tertiary/aromatic N) is 2. The molecule has 94 valence electrons. The van der Waals surface area contributed by atoms with E-state index < -0.39 is 40.6 Å². The van der Waals surface area contributed by atoms with Crippen LogP contribution in [0.2, 0.25) is 0 Å². The van der Waals surface area contributed by atoms with Crippen LogP contribution in [0.3, 0.4) is 0 Å². The van der Waals surface area contributed by atoms with Crippen LogP contribution in [-0.4, -0.2) is 16.3 Å². The molecule has 0 saturated heterocycles. The average molecular weight is 252 g/mol. The van der Waals surface area contributed by atoms with Crippen molar-refractivity contribution in [3.05, 3.63) is 21.9 Å². The Morgan fingerprint density at radius 1 is 1.53 bits per heavy atom. The molecule has 0 radical (unpaired) electrons. The van der Waals surface area contributed by atoms with Gasteiger partial charge in [-0.25, -0.2) is 4.98 Å². The van der Waals surface area contributed by atoms with Gasteiger partial charge in [-0.15, -0.1) is 13.2 Å². The maximum Gasteiger partial charge on any atom is 0.573 e. The van der Waals surface area contributed by atoms with Crippen LogP contribution in [0.15, 0.2) is 6.20 Å². The van der Waals surface area contributed by atoms with Gasteiger partial charge in [0.1, 0.15) is 6.20 Å². The molecule has 0 aromatic carbocycles. The zero-order valence-electron chi connectivity index (χ0n) is 8.19. The lowest BCUT2D eigenvalue weighted by Gasteiger charge is -2.13. The predicted octanol–water partition coefficient (Wildman–Crippen LogP) is 0.929. The van der Waals surface area contributed by atoms with Gasteiger partial charge in [0.05, 0.1) is 10.5 Å². The highest BCUT2D eigenvalue weighted by Crippen LogP contribution is 2.35. The molecule has 0 unspecified atom stereocenters. The highest BCUT2D eigenvalue weighted by atomic mass is 19.4. The molecule has 0 fully saturated rings. The number of rotatable bonds is 3. The number of hydrogen-bond donors (Lipinski definition) is 2. The molecule has 0 amide bonds. The van der Waals surface area contributed by atoms with Gasteiger partial charge >= 0.3 is 6.36 Å². The average Bonchev–Trinajstić information content (AvgIpc) is 2.18. The van der Waals surface area contributed by atoms with Gasteiger partial charge in [0.2, 0.25) is 0 Å². The van der Waals surface area contributed by atoms with Crippen molar-refractivity contribution in [2.45, 2.75) is 12.9 Å². The first-order valence-corrected chi connectivity index (χ1v) is 4.13. The monoisotopic (exact) mass is 252 g/mol. The second kappa shape index (κ2) is 4.41. The summed E-state index contributed by atoms with van der Waals surface area (Å²) in [6, 6.07) is 0. The van der Waals surface area contributed by atoms with Crippen molar-refractivity contribution in [1.82, 2.24) is 4.98 Å². The first kappa shape index (κ1) is 13.0. The summed E-state index contributed by atoms with van der Waals surface area (Å²) >= 11 is 0. The number of nitrogen functional groups attached to an aromatic ring is 1. The Bertz CT molecular complexity index is 449. The molecule has 10 heteroatoms. The van der Waals surface area contributed by atoms with Gasteiger partial charge in [0, 0.05) is 6.54 Å². The minimum Gasteiger partial charge on any atom is -0.401 e. The van der Waals surface area contributed by atoms with E-state index in [1.807, 2.05) is 0 Å². The van der Waals surface area contributed by atoms with Crippen LogP contribution in [0.4, 0.5) is 24.7 Å². The Balaban J connectivity index is 3.35. The number of anilines is 1. The molecule has 0 bridgehead atoms. The fourth-order valence-electron chi connectivity index (χ4n) is 1.12. The van der Waals surface area contributed by atoms with Crippen LogP contribution in [0.1, 0.15) is 5.56 Å². The summed E-state index contributed by atoms with van der Waals surface area (Å²) < 4.78 is 39.7. The summed E-state index contributed by atoms with van der Waals surface area (Å²) in [4.78, 5) is 12.9. The van der Waals surface area contributed by atoms with E-state index in [9.17, 15) is 23.3 Å². The SMILES string of the molecule is NCc1c([N+](=O)[O-])cnc(N)c1OC(F)(F)F. The van der Waals surface area contributed by atoms with Crippen LogP contribution in [0.25, 0.3) is 0 Å². The summed E-state index contributed by atoms with van der Waals surface area (Å²) in [7, 11) is 0. The summed E-state index contributed by atoms with van der Waals surface area (Å²) in [5.41, 5.74) is 9.16. The van der Waals surface area contributed by atoms with E-state index in [1.165, 1.54) is 0 Å². The first-order chi connectivity index (χ1) is 7.76. The largest absolute Gasteiger partial charge is 0.573 e. The van der Waals surface area contributed by atoms with E-state index in [-0.39, 0.29) is 0 Å². The van der Waals surface area contributed by atoms with E-state index in [0.717, 1.165) is 6.20 Å². The van der Waals surface area contributed by atoms with E-state index in [2.05, 4.69) is 9.72 Å². The molecular formula is C7H7F3N4O3. The number of pyridine rings is 1. The first-order valence-electron chi connectivity index (χ1n) is 4.13. The number of ether oxygens (including phenoxy) is 1. The quantitative estimate of drug-likeness (QED) is 0.610. The van der Waals surface area contributed by atoms with Crippen molar-refractivity contribution in [2.75, 3.05) is 5.73 Å². The van der Waals surface area contributed by atoms with Gasteiger partial charge in [-0.2, -0.15) is 0 Å². The standard InChI is InChI=1S/C7H7F3N4O3/c8-7(9,10)17-5-3(1-11)4(14(15)16)2-13-6(5)12/h2H,1,11H2,(H2,12,13). The number of hydrogen-bond acceptors (Lipinski definition) is 6. The third-order valence-corrected chi connectivity index (χ3v) is 1.76. The summed E-state index contributed by atoms with van der Waals surface area (Å²) in [5, 5.41) is 10.5. The summed E-state index contributed by atoms with van der Waals surface area (Å²) in [6.45, 7) is -0.533. The Morgan fingerprint density at radius 3 is 2.53 bits per heavy atom. The molecule has 1 heterocycles. The van der Waals surface area contributed by atoms with E-state index in [1.54, 1.807) is 0 Å². The van der Waals surface area contributed by atoms with Gasteiger partial charge in [0.25, 0.3) is 5.69 Å². The number of aromatic nitrogens is 1. The molecule has 7 nitrogen and oxygen atoms in total. The van der Waals surface area contributed by atoms with Crippen molar-refractivity contribution >= 4 is 11.5 Å². The smallest absolute Gasteiger partial charge is 0.401 e. The molecule has 0 aliphatic carbocycles. The Labute approximate surface area is 92.3 Å². The number of nitrogens with two attached hydrogens (primary N) is 2. The third-order valence-electron chi connectivity index (χ3n) is 1.76. The zero-order valence-corrected chi connectivity index (χ0v) is 8.19. The summed E-state index contributed by atoms with van der Waals surface area (Å²) in [5.74, 6) is -1.55. The van der Waals surface area contributed by atoms with Crippen molar-refractivity contribution in [3.63, 3.8) is 0 Å². The molecule has 0 aliphatic heterocycles. The van der Waals surface area contributed by atoms with E-state index >= 15 is 0 Å². The van der Waals surface area contributed by atoms with Crippen LogP contribution in [0, 0.1) is 10.1 Å². The molecular weight excluding hydrogens is 245 g/mol. The van der Waals surface area contributed by atoms with Crippen molar-refractivity contribution in [1.29, 1.82) is 0 Å². The Kier molecular flexibility index (Phi) is 3.36. The fraction of sp³-hybridized carbons (Fsp3) is 0.286. The lowest BCUT2D eigenvalue weighted by Crippen LogP contribution is -2.20. The van der Waals surface area contributed by atoms with Crippen LogP contribution >= 0.6 is 0 Å². The third kappa shape index (κ3) is 2.93. The zero-order chi connectivity index (χ0) is 13.2. The second-order valence-corrected chi connectivity index (χ2v) is 2.85. The number of alkyl halides is 3. The predicted molar refractivity (Wildman–Crippen MR) is 49.9 cm³/mol. The molecule has 1 rings (SSSR count). The van der Waals surface area contributed by atoms with Gasteiger partial charge in [-0.1, -0.05) is 0 Å². The normalized spacial score (nSPS) is 11.3. The molecule has 0 spiro atoms. The van der Waals surface area contributed by atoms with Gasteiger partial charge in [-0.3, -0.25) is 10.1 Å². The topological polar surface area (TPSA) is 117 Å². The minimum absolute atomic E-state index is 0.458. The van der Waals surface area contributed by atoms with Crippen LogP contribution < -0.4 is 16.2 Å². The molecule has 0 atom stereocenters.